The fourth-order valence-electron chi connectivity index (χ4n) is 2.33. The molecule has 2 aromatic heterocycles. The van der Waals surface area contributed by atoms with E-state index in [-0.39, 0.29) is 11.9 Å². The molecule has 2 aromatic rings. The number of aromatic amines is 1. The van der Waals surface area contributed by atoms with Crippen molar-refractivity contribution < 1.29 is 4.79 Å². The minimum absolute atomic E-state index is 0.0399. The van der Waals surface area contributed by atoms with Crippen LogP contribution in [0, 0.1) is 20.8 Å². The van der Waals surface area contributed by atoms with Gasteiger partial charge in [0, 0.05) is 30.6 Å². The quantitative estimate of drug-likeness (QED) is 0.856. The Morgan fingerprint density at radius 1 is 1.43 bits per heavy atom. The fraction of sp³-hybridized carbons (Fsp3) is 0.533. The van der Waals surface area contributed by atoms with Gasteiger partial charge in [0.2, 0.25) is 5.91 Å². The second kappa shape index (κ2) is 6.56. The van der Waals surface area contributed by atoms with E-state index in [0.29, 0.717) is 6.42 Å². The second-order valence-electron chi connectivity index (χ2n) is 5.49. The van der Waals surface area contributed by atoms with Crippen molar-refractivity contribution in [2.24, 2.45) is 0 Å². The van der Waals surface area contributed by atoms with Crippen LogP contribution < -0.4 is 5.32 Å². The molecule has 0 aliphatic heterocycles. The number of H-pyrrole nitrogens is 1. The average Bonchev–Trinajstić information content (AvgIpc) is 2.96. The molecule has 2 N–H and O–H groups in total. The van der Waals surface area contributed by atoms with Crippen molar-refractivity contribution in [2.75, 3.05) is 0 Å². The molecule has 0 radical (unpaired) electrons. The molecule has 0 aliphatic rings. The van der Waals surface area contributed by atoms with Crippen LogP contribution in [0.4, 0.5) is 0 Å². The van der Waals surface area contributed by atoms with Crippen molar-refractivity contribution in [3.05, 3.63) is 35.2 Å². The summed E-state index contributed by atoms with van der Waals surface area (Å²) < 4.78 is 1.95. The molecule has 2 heterocycles. The summed E-state index contributed by atoms with van der Waals surface area (Å²) in [7, 11) is 0. The van der Waals surface area contributed by atoms with Gasteiger partial charge in [-0.1, -0.05) is 0 Å². The molecule has 0 aromatic carbocycles. The maximum absolute atomic E-state index is 11.9. The molecule has 0 saturated heterocycles. The molecule has 6 nitrogen and oxygen atoms in total. The molecule has 1 amide bonds. The molecule has 0 spiro atoms. The monoisotopic (exact) mass is 289 g/mol. The fourth-order valence-corrected chi connectivity index (χ4v) is 2.33. The number of imidazole rings is 1. The Morgan fingerprint density at radius 3 is 2.76 bits per heavy atom. The highest BCUT2D eigenvalue weighted by Gasteiger charge is 2.12. The van der Waals surface area contributed by atoms with Gasteiger partial charge in [-0.05, 0) is 40.2 Å². The number of aromatic nitrogens is 4. The van der Waals surface area contributed by atoms with Crippen LogP contribution in [0.15, 0.2) is 12.3 Å². The van der Waals surface area contributed by atoms with E-state index in [1.165, 1.54) is 0 Å². The van der Waals surface area contributed by atoms with Gasteiger partial charge in [0.15, 0.2) is 0 Å². The third kappa shape index (κ3) is 4.18. The van der Waals surface area contributed by atoms with Crippen molar-refractivity contribution in [3.63, 3.8) is 0 Å². The highest BCUT2D eigenvalue weighted by Crippen LogP contribution is 2.09. The van der Waals surface area contributed by atoms with Crippen molar-refractivity contribution in [2.45, 2.75) is 53.1 Å². The molecular formula is C15H23N5O. The molecule has 2 rings (SSSR count). The summed E-state index contributed by atoms with van der Waals surface area (Å²) in [6, 6.07) is 1.95. The third-order valence-electron chi connectivity index (χ3n) is 3.39. The van der Waals surface area contributed by atoms with Gasteiger partial charge in [0.25, 0.3) is 0 Å². The zero-order valence-electron chi connectivity index (χ0n) is 13.1. The van der Waals surface area contributed by atoms with Gasteiger partial charge in [0.05, 0.1) is 11.7 Å². The predicted octanol–water partition coefficient (Wildman–Crippen LogP) is 2.19. The first-order chi connectivity index (χ1) is 9.95. The molecule has 21 heavy (non-hydrogen) atoms. The first kappa shape index (κ1) is 15.3. The Kier molecular flexibility index (Phi) is 4.77. The van der Waals surface area contributed by atoms with E-state index < -0.39 is 0 Å². The van der Waals surface area contributed by atoms with E-state index in [2.05, 4.69) is 20.4 Å². The Balaban J connectivity index is 1.76. The normalized spacial score (nSPS) is 12.4. The van der Waals surface area contributed by atoms with E-state index in [4.69, 9.17) is 0 Å². The number of rotatable bonds is 6. The van der Waals surface area contributed by atoms with Gasteiger partial charge in [-0.15, -0.1) is 0 Å². The van der Waals surface area contributed by atoms with Crippen molar-refractivity contribution >= 4 is 5.91 Å². The Bertz CT molecular complexity index is 613. The first-order valence-electron chi connectivity index (χ1n) is 7.27. The lowest BCUT2D eigenvalue weighted by Gasteiger charge is -2.11. The van der Waals surface area contributed by atoms with Gasteiger partial charge in [-0.25, -0.2) is 4.98 Å². The summed E-state index contributed by atoms with van der Waals surface area (Å²) >= 11 is 0. The minimum Gasteiger partial charge on any atom is -0.346 e. The molecule has 1 atom stereocenters. The van der Waals surface area contributed by atoms with E-state index >= 15 is 0 Å². The van der Waals surface area contributed by atoms with Gasteiger partial charge in [0.1, 0.15) is 5.82 Å². The van der Waals surface area contributed by atoms with Gasteiger partial charge in [-0.3, -0.25) is 9.48 Å². The SMILES string of the molecule is Cc1cc(C)n(CCCC(=O)N[C@@H](C)c2ncc(C)[nH]2)n1. The van der Waals surface area contributed by atoms with Crippen LogP contribution in [0.1, 0.15) is 48.7 Å². The number of nitrogens with one attached hydrogen (secondary N) is 2. The van der Waals surface area contributed by atoms with E-state index in [0.717, 1.165) is 35.9 Å². The van der Waals surface area contributed by atoms with E-state index in [1.807, 2.05) is 38.4 Å². The molecule has 6 heteroatoms. The number of amides is 1. The summed E-state index contributed by atoms with van der Waals surface area (Å²) in [5, 5.41) is 7.34. The van der Waals surface area contributed by atoms with Crippen LogP contribution >= 0.6 is 0 Å². The highest BCUT2D eigenvalue weighted by molar-refractivity contribution is 5.76. The maximum atomic E-state index is 11.9. The number of hydrogen-bond donors (Lipinski definition) is 2. The standard InChI is InChI=1S/C15H23N5O/c1-10-8-12(3)20(19-10)7-5-6-14(21)18-13(4)15-16-9-11(2)17-15/h8-9,13H,5-7H2,1-4H3,(H,16,17)(H,18,21)/t13-/m0/s1. The molecule has 0 saturated carbocycles. The summed E-state index contributed by atoms with van der Waals surface area (Å²) in [5.41, 5.74) is 3.14. The molecule has 114 valence electrons. The number of hydrogen-bond acceptors (Lipinski definition) is 3. The largest absolute Gasteiger partial charge is 0.346 e. The molecule has 0 aliphatic carbocycles. The Hall–Kier alpha value is -2.11. The summed E-state index contributed by atoms with van der Waals surface area (Å²) in [6.45, 7) is 8.64. The van der Waals surface area contributed by atoms with Gasteiger partial charge in [-0.2, -0.15) is 5.10 Å². The van der Waals surface area contributed by atoms with Gasteiger partial charge >= 0.3 is 0 Å². The predicted molar refractivity (Wildman–Crippen MR) is 80.8 cm³/mol. The lowest BCUT2D eigenvalue weighted by Crippen LogP contribution is -2.27. The summed E-state index contributed by atoms with van der Waals surface area (Å²) in [5.74, 6) is 0.831. The third-order valence-corrected chi connectivity index (χ3v) is 3.39. The zero-order valence-corrected chi connectivity index (χ0v) is 13.1. The molecule has 0 unspecified atom stereocenters. The number of carbonyl (C=O) groups excluding carboxylic acids is 1. The van der Waals surface area contributed by atoms with Gasteiger partial charge < -0.3 is 10.3 Å². The second-order valence-corrected chi connectivity index (χ2v) is 5.49. The summed E-state index contributed by atoms with van der Waals surface area (Å²) in [6.07, 6.45) is 3.03. The minimum atomic E-state index is -0.0973. The van der Waals surface area contributed by atoms with Crippen LogP contribution in [-0.4, -0.2) is 25.7 Å². The lowest BCUT2D eigenvalue weighted by atomic mass is 10.2. The van der Waals surface area contributed by atoms with E-state index in [1.54, 1.807) is 6.20 Å². The number of nitrogens with zero attached hydrogens (tertiary/aromatic N) is 3. The zero-order chi connectivity index (χ0) is 15.4. The average molecular weight is 289 g/mol. The first-order valence-corrected chi connectivity index (χ1v) is 7.27. The topological polar surface area (TPSA) is 75.6 Å². The van der Waals surface area contributed by atoms with Crippen LogP contribution in [0.3, 0.4) is 0 Å². The van der Waals surface area contributed by atoms with Crippen molar-refractivity contribution in [3.8, 4) is 0 Å². The van der Waals surface area contributed by atoms with Crippen molar-refractivity contribution in [1.29, 1.82) is 0 Å². The lowest BCUT2D eigenvalue weighted by molar-refractivity contribution is -0.121. The maximum Gasteiger partial charge on any atom is 0.220 e. The smallest absolute Gasteiger partial charge is 0.220 e. The Labute approximate surface area is 125 Å². The van der Waals surface area contributed by atoms with Crippen LogP contribution in [0.5, 0.6) is 0 Å². The van der Waals surface area contributed by atoms with E-state index in [9.17, 15) is 4.79 Å². The van der Waals surface area contributed by atoms with Crippen LogP contribution in [0.2, 0.25) is 0 Å². The molecule has 0 fully saturated rings. The Morgan fingerprint density at radius 2 is 2.19 bits per heavy atom. The van der Waals surface area contributed by atoms with Crippen LogP contribution in [0.25, 0.3) is 0 Å². The van der Waals surface area contributed by atoms with Crippen LogP contribution in [-0.2, 0) is 11.3 Å². The number of carbonyl (C=O) groups is 1. The molecular weight excluding hydrogens is 266 g/mol. The number of aryl methyl sites for hydroxylation is 4. The van der Waals surface area contributed by atoms with Crippen molar-refractivity contribution in [1.82, 2.24) is 25.1 Å². The summed E-state index contributed by atoms with van der Waals surface area (Å²) in [4.78, 5) is 19.3. The molecule has 0 bridgehead atoms. The highest BCUT2D eigenvalue weighted by atomic mass is 16.1.